The molecule has 1 aliphatic heterocycles. The first kappa shape index (κ1) is 21.9. The van der Waals surface area contributed by atoms with Gasteiger partial charge in [-0.15, -0.1) is 0 Å². The summed E-state index contributed by atoms with van der Waals surface area (Å²) in [5.74, 6) is 0.125. The molecule has 0 saturated carbocycles. The van der Waals surface area contributed by atoms with Crippen LogP contribution in [0.4, 0.5) is 0 Å². The topological polar surface area (TPSA) is 52.6 Å². The number of ketones is 1. The molecule has 5 rings (SSSR count). The number of halogens is 1. The number of esters is 1. The van der Waals surface area contributed by atoms with Gasteiger partial charge in [0.05, 0.1) is 0 Å². The molecule has 3 aromatic rings. The summed E-state index contributed by atoms with van der Waals surface area (Å²) in [6.45, 7) is 5.51. The highest BCUT2D eigenvalue weighted by atomic mass is 79.9. The summed E-state index contributed by atoms with van der Waals surface area (Å²) in [4.78, 5) is 28.4. The number of carbonyl (C=O) groups is 2. The van der Waals surface area contributed by atoms with Crippen LogP contribution in [-0.2, 0) is 16.0 Å². The monoisotopic (exact) mass is 504 g/mol. The lowest BCUT2D eigenvalue weighted by Crippen LogP contribution is -2.51. The van der Waals surface area contributed by atoms with Crippen molar-refractivity contribution in [2.24, 2.45) is 5.41 Å². The van der Waals surface area contributed by atoms with Crippen LogP contribution >= 0.6 is 15.9 Å². The molecule has 33 heavy (non-hydrogen) atoms. The zero-order chi connectivity index (χ0) is 23.4. The van der Waals surface area contributed by atoms with Gasteiger partial charge >= 0.3 is 5.97 Å². The summed E-state index contributed by atoms with van der Waals surface area (Å²) in [7, 11) is 0. The number of ether oxygens (including phenoxy) is 2. The number of aryl methyl sites for hydroxylation is 1. The maximum absolute atomic E-state index is 14.4. The van der Waals surface area contributed by atoms with Crippen LogP contribution in [0.5, 0.6) is 11.5 Å². The molecule has 0 bridgehead atoms. The second kappa shape index (κ2) is 7.84. The van der Waals surface area contributed by atoms with E-state index in [9.17, 15) is 9.59 Å². The number of Topliss-reactive ketones (excluding diaryl/α,β-unsaturated/α-hetero) is 1. The number of benzene rings is 3. The number of fused-ring (bicyclic) bond motifs is 3. The smallest absolute Gasteiger partial charge is 0.321 e. The molecule has 1 heterocycles. The summed E-state index contributed by atoms with van der Waals surface area (Å²) >= 11 is 3.50. The molecule has 0 radical (unpaired) electrons. The number of para-hydroxylation sites is 2. The summed E-state index contributed by atoms with van der Waals surface area (Å²) < 4.78 is 13.0. The van der Waals surface area contributed by atoms with Crippen molar-refractivity contribution in [3.63, 3.8) is 0 Å². The summed E-state index contributed by atoms with van der Waals surface area (Å²) in [5.41, 5.74) is 1.05. The van der Waals surface area contributed by atoms with E-state index in [1.54, 1.807) is 0 Å². The zero-order valence-electron chi connectivity index (χ0n) is 18.9. The fourth-order valence-corrected chi connectivity index (χ4v) is 5.42. The highest BCUT2D eigenvalue weighted by molar-refractivity contribution is 9.10. The fraction of sp³-hybridized carbons (Fsp3) is 0.286. The molecule has 1 aliphatic carbocycles. The minimum atomic E-state index is -1.41. The van der Waals surface area contributed by atoms with Crippen LogP contribution in [0.2, 0.25) is 0 Å². The molecular weight excluding hydrogens is 480 g/mol. The van der Waals surface area contributed by atoms with Crippen LogP contribution in [-0.4, -0.2) is 17.4 Å². The minimum Gasteiger partial charge on any atom is -0.459 e. The van der Waals surface area contributed by atoms with Crippen molar-refractivity contribution < 1.29 is 19.1 Å². The Kier molecular flexibility index (Phi) is 5.20. The van der Waals surface area contributed by atoms with Gasteiger partial charge < -0.3 is 9.47 Å². The van der Waals surface area contributed by atoms with Crippen LogP contribution < -0.4 is 4.74 Å². The quantitative estimate of drug-likeness (QED) is 0.283. The van der Waals surface area contributed by atoms with Gasteiger partial charge in [-0.05, 0) is 63.4 Å². The summed E-state index contributed by atoms with van der Waals surface area (Å²) in [6.07, 6.45) is 0.970. The number of hydrogen-bond acceptors (Lipinski definition) is 4. The van der Waals surface area contributed by atoms with Crippen LogP contribution in [0.3, 0.4) is 0 Å². The molecule has 168 valence electrons. The van der Waals surface area contributed by atoms with Crippen molar-refractivity contribution in [2.45, 2.75) is 45.1 Å². The maximum Gasteiger partial charge on any atom is 0.321 e. The first-order valence-electron chi connectivity index (χ1n) is 11.1. The zero-order valence-corrected chi connectivity index (χ0v) is 20.4. The fourth-order valence-electron chi connectivity index (χ4n) is 5.06. The van der Waals surface area contributed by atoms with E-state index in [2.05, 4.69) is 15.9 Å². The van der Waals surface area contributed by atoms with E-state index in [-0.39, 0.29) is 5.78 Å². The van der Waals surface area contributed by atoms with Crippen molar-refractivity contribution in [1.29, 1.82) is 0 Å². The Morgan fingerprint density at radius 2 is 1.61 bits per heavy atom. The van der Waals surface area contributed by atoms with E-state index in [1.165, 1.54) is 0 Å². The van der Waals surface area contributed by atoms with Crippen molar-refractivity contribution in [2.75, 3.05) is 0 Å². The average molecular weight is 505 g/mol. The van der Waals surface area contributed by atoms with Crippen molar-refractivity contribution in [3.05, 3.63) is 93.5 Å². The minimum absolute atomic E-state index is 0.198. The Labute approximate surface area is 202 Å². The predicted molar refractivity (Wildman–Crippen MR) is 130 cm³/mol. The van der Waals surface area contributed by atoms with E-state index in [0.29, 0.717) is 29.9 Å². The van der Waals surface area contributed by atoms with Gasteiger partial charge in [0.1, 0.15) is 22.5 Å². The van der Waals surface area contributed by atoms with Crippen LogP contribution in [0.15, 0.2) is 71.2 Å². The molecule has 0 fully saturated rings. The molecule has 4 nitrogen and oxygen atoms in total. The highest BCUT2D eigenvalue weighted by Gasteiger charge is 2.58. The lowest BCUT2D eigenvalue weighted by Gasteiger charge is -2.44. The number of hydrogen-bond donors (Lipinski definition) is 0. The normalized spacial score (nSPS) is 19.7. The van der Waals surface area contributed by atoms with Gasteiger partial charge in [0.15, 0.2) is 5.78 Å². The van der Waals surface area contributed by atoms with Gasteiger partial charge in [-0.1, -0.05) is 58.4 Å². The lowest BCUT2D eigenvalue weighted by molar-refractivity contribution is -0.165. The second-order valence-electron chi connectivity index (χ2n) is 9.71. The van der Waals surface area contributed by atoms with Gasteiger partial charge in [-0.2, -0.15) is 0 Å². The van der Waals surface area contributed by atoms with Crippen LogP contribution in [0, 0.1) is 5.41 Å². The molecule has 0 saturated heterocycles. The molecule has 2 aliphatic rings. The third kappa shape index (κ3) is 3.59. The maximum atomic E-state index is 14.4. The average Bonchev–Trinajstić information content (AvgIpc) is 2.77. The van der Waals surface area contributed by atoms with Crippen molar-refractivity contribution in [1.82, 2.24) is 0 Å². The SMILES string of the molecule is CC(C)(C)OC(=O)C1(C2c3ccccc3Oc3ccccc32)CCc2ccc(Br)cc2C1=O. The Morgan fingerprint density at radius 1 is 1.00 bits per heavy atom. The van der Waals surface area contributed by atoms with Gasteiger partial charge in [0.25, 0.3) is 0 Å². The Bertz CT molecular complexity index is 1230. The Hall–Kier alpha value is -2.92. The molecular formula is C28H25BrO4. The Balaban J connectivity index is 1.79. The highest BCUT2D eigenvalue weighted by Crippen LogP contribution is 2.57. The molecule has 3 aromatic carbocycles. The lowest BCUT2D eigenvalue weighted by atomic mass is 9.59. The van der Waals surface area contributed by atoms with Crippen molar-refractivity contribution >= 4 is 27.7 Å². The van der Waals surface area contributed by atoms with E-state index in [4.69, 9.17) is 9.47 Å². The molecule has 0 aromatic heterocycles. The Morgan fingerprint density at radius 3 is 2.21 bits per heavy atom. The van der Waals surface area contributed by atoms with E-state index < -0.39 is 22.9 Å². The van der Waals surface area contributed by atoms with E-state index >= 15 is 0 Å². The molecule has 0 N–H and O–H groups in total. The third-order valence-corrected chi connectivity index (χ3v) is 6.94. The first-order valence-corrected chi connectivity index (χ1v) is 11.9. The molecule has 1 unspecified atom stereocenters. The summed E-state index contributed by atoms with van der Waals surface area (Å²) in [6, 6.07) is 21.0. The predicted octanol–water partition coefficient (Wildman–Crippen LogP) is 6.84. The van der Waals surface area contributed by atoms with Gasteiger partial charge in [0, 0.05) is 27.1 Å². The molecule has 0 spiro atoms. The van der Waals surface area contributed by atoms with Gasteiger partial charge in [0.2, 0.25) is 0 Å². The molecule has 0 amide bonds. The van der Waals surface area contributed by atoms with E-state index in [0.717, 1.165) is 21.2 Å². The van der Waals surface area contributed by atoms with Crippen LogP contribution in [0.25, 0.3) is 0 Å². The van der Waals surface area contributed by atoms with Crippen LogP contribution in [0.1, 0.15) is 60.2 Å². The largest absolute Gasteiger partial charge is 0.459 e. The number of rotatable bonds is 2. The van der Waals surface area contributed by atoms with E-state index in [1.807, 2.05) is 87.5 Å². The standard InChI is InChI=1S/C28H25BrO4/c1-27(2,3)33-26(31)28(15-14-17-12-13-18(29)16-21(17)25(28)30)24-19-8-4-6-10-22(19)32-23-11-7-5-9-20(23)24/h4-13,16,24H,14-15H2,1-3H3. The van der Waals surface area contributed by atoms with Crippen molar-refractivity contribution in [3.8, 4) is 11.5 Å². The molecule has 1 atom stereocenters. The second-order valence-corrected chi connectivity index (χ2v) is 10.6. The van der Waals surface area contributed by atoms with Gasteiger partial charge in [-0.25, -0.2) is 0 Å². The summed E-state index contributed by atoms with van der Waals surface area (Å²) in [5, 5.41) is 0. The first-order chi connectivity index (χ1) is 15.7. The van der Waals surface area contributed by atoms with Gasteiger partial charge in [-0.3, -0.25) is 9.59 Å². The number of carbonyl (C=O) groups excluding carboxylic acids is 2. The molecule has 5 heteroatoms. The third-order valence-electron chi connectivity index (χ3n) is 6.45.